The minimum atomic E-state index is -3.69. The lowest BCUT2D eigenvalue weighted by molar-refractivity contribution is -0.124. The number of carbonyl (C=O) groups is 1. The van der Waals surface area contributed by atoms with Crippen LogP contribution in [0.25, 0.3) is 0 Å². The van der Waals surface area contributed by atoms with Crippen molar-refractivity contribution in [2.75, 3.05) is 6.54 Å². The largest absolute Gasteiger partial charge is 0.351 e. The summed E-state index contributed by atoms with van der Waals surface area (Å²) < 4.78 is 27.1. The summed E-state index contributed by atoms with van der Waals surface area (Å²) in [6.07, 6.45) is 1.19. The Hall–Kier alpha value is -1.89. The van der Waals surface area contributed by atoms with Gasteiger partial charge in [0, 0.05) is 18.1 Å². The molecule has 5 nitrogen and oxygen atoms in total. The zero-order valence-corrected chi connectivity index (χ0v) is 16.1. The first-order valence-electron chi connectivity index (χ1n) is 8.48. The summed E-state index contributed by atoms with van der Waals surface area (Å²) in [6.45, 7) is 2.57. The average molecular weight is 393 g/mol. The Bertz CT molecular complexity index is 897. The summed E-state index contributed by atoms with van der Waals surface area (Å²) in [4.78, 5) is 12.8. The molecule has 0 spiro atoms. The van der Waals surface area contributed by atoms with Gasteiger partial charge in [-0.15, -0.1) is 0 Å². The van der Waals surface area contributed by atoms with Crippen molar-refractivity contribution in [3.8, 4) is 0 Å². The molecule has 2 aromatic rings. The second kappa shape index (κ2) is 7.78. The van der Waals surface area contributed by atoms with E-state index in [1.54, 1.807) is 36.4 Å². The van der Waals surface area contributed by atoms with Crippen molar-refractivity contribution in [1.82, 2.24) is 9.62 Å². The van der Waals surface area contributed by atoms with E-state index in [-0.39, 0.29) is 10.8 Å². The number of rotatable bonds is 5. The van der Waals surface area contributed by atoms with Crippen LogP contribution in [0, 0.1) is 6.92 Å². The molecule has 2 aromatic carbocycles. The van der Waals surface area contributed by atoms with Crippen LogP contribution < -0.4 is 5.32 Å². The lowest BCUT2D eigenvalue weighted by Crippen LogP contribution is -2.45. The van der Waals surface area contributed by atoms with E-state index < -0.39 is 16.1 Å². The lowest BCUT2D eigenvalue weighted by atomic mass is 10.2. The fourth-order valence-corrected chi connectivity index (χ4v) is 4.96. The Morgan fingerprint density at radius 1 is 1.23 bits per heavy atom. The van der Waals surface area contributed by atoms with Crippen molar-refractivity contribution < 1.29 is 13.2 Å². The van der Waals surface area contributed by atoms with E-state index in [2.05, 4.69) is 5.32 Å². The molecule has 7 heteroatoms. The number of nitrogens with one attached hydrogen (secondary N) is 1. The number of carbonyl (C=O) groups excluding carboxylic acids is 1. The van der Waals surface area contributed by atoms with Crippen LogP contribution in [0.3, 0.4) is 0 Å². The van der Waals surface area contributed by atoms with Gasteiger partial charge in [0.15, 0.2) is 0 Å². The third-order valence-electron chi connectivity index (χ3n) is 4.49. The molecule has 0 aromatic heterocycles. The van der Waals surface area contributed by atoms with Crippen LogP contribution in [0.15, 0.2) is 53.4 Å². The monoisotopic (exact) mass is 392 g/mol. The van der Waals surface area contributed by atoms with Crippen molar-refractivity contribution >= 4 is 27.5 Å². The highest BCUT2D eigenvalue weighted by molar-refractivity contribution is 7.89. The zero-order chi connectivity index (χ0) is 18.7. The van der Waals surface area contributed by atoms with E-state index in [1.165, 1.54) is 4.31 Å². The summed E-state index contributed by atoms with van der Waals surface area (Å²) in [5.74, 6) is -0.279. The average Bonchev–Trinajstić information content (AvgIpc) is 3.11. The van der Waals surface area contributed by atoms with Gasteiger partial charge < -0.3 is 5.32 Å². The number of aryl methyl sites for hydroxylation is 1. The second-order valence-corrected chi connectivity index (χ2v) is 8.76. The number of sulfonamides is 1. The molecule has 1 amide bonds. The topological polar surface area (TPSA) is 66.5 Å². The molecule has 0 bridgehead atoms. The Balaban J connectivity index is 1.72. The quantitative estimate of drug-likeness (QED) is 0.850. The smallest absolute Gasteiger partial charge is 0.243 e. The highest BCUT2D eigenvalue weighted by Gasteiger charge is 2.39. The minimum Gasteiger partial charge on any atom is -0.351 e. The second-order valence-electron chi connectivity index (χ2n) is 6.43. The van der Waals surface area contributed by atoms with Crippen LogP contribution in [0.1, 0.15) is 24.0 Å². The molecule has 3 rings (SSSR count). The van der Waals surface area contributed by atoms with E-state index >= 15 is 0 Å². The Morgan fingerprint density at radius 3 is 2.65 bits per heavy atom. The van der Waals surface area contributed by atoms with Crippen LogP contribution in [0.5, 0.6) is 0 Å². The number of nitrogens with zero attached hydrogens (tertiary/aromatic N) is 1. The molecule has 138 valence electrons. The van der Waals surface area contributed by atoms with Crippen LogP contribution in [0.4, 0.5) is 0 Å². The van der Waals surface area contributed by atoms with Gasteiger partial charge in [-0.05, 0) is 49.6 Å². The molecule has 1 unspecified atom stereocenters. The van der Waals surface area contributed by atoms with E-state index in [1.807, 2.05) is 19.1 Å². The van der Waals surface area contributed by atoms with Gasteiger partial charge in [0.05, 0.1) is 4.90 Å². The summed E-state index contributed by atoms with van der Waals surface area (Å²) in [7, 11) is -3.69. The first kappa shape index (κ1) is 18.9. The molecular weight excluding hydrogens is 372 g/mol. The molecule has 1 atom stereocenters. The number of halogens is 1. The third kappa shape index (κ3) is 4.09. The molecule has 0 aliphatic carbocycles. The van der Waals surface area contributed by atoms with Gasteiger partial charge in [0.25, 0.3) is 0 Å². The first-order chi connectivity index (χ1) is 12.4. The maximum Gasteiger partial charge on any atom is 0.243 e. The third-order valence-corrected chi connectivity index (χ3v) is 6.65. The number of hydrogen-bond acceptors (Lipinski definition) is 3. The Kier molecular flexibility index (Phi) is 5.65. The standard InChI is InChI=1S/C19H21ClN2O3S/c1-14-7-9-17(10-8-14)26(24,25)22-11-3-6-18(22)19(23)21-13-15-4-2-5-16(20)12-15/h2,4-5,7-10,12,18H,3,6,11,13H2,1H3,(H,21,23). The van der Waals surface area contributed by atoms with Crippen molar-refractivity contribution in [1.29, 1.82) is 0 Å². The SMILES string of the molecule is Cc1ccc(S(=O)(=O)N2CCCC2C(=O)NCc2cccc(Cl)c2)cc1. The first-order valence-corrected chi connectivity index (χ1v) is 10.3. The predicted molar refractivity (Wildman–Crippen MR) is 101 cm³/mol. The van der Waals surface area contributed by atoms with Gasteiger partial charge in [-0.25, -0.2) is 8.42 Å². The fourth-order valence-electron chi connectivity index (χ4n) is 3.09. The predicted octanol–water partition coefficient (Wildman–Crippen LogP) is 3.12. The highest BCUT2D eigenvalue weighted by Crippen LogP contribution is 2.26. The summed E-state index contributed by atoms with van der Waals surface area (Å²) in [5, 5.41) is 3.43. The van der Waals surface area contributed by atoms with E-state index in [0.717, 1.165) is 11.1 Å². The van der Waals surface area contributed by atoms with Gasteiger partial charge in [-0.2, -0.15) is 4.31 Å². The van der Waals surface area contributed by atoms with Gasteiger partial charge in [-0.1, -0.05) is 41.4 Å². The number of hydrogen-bond donors (Lipinski definition) is 1. The molecule has 1 aliphatic rings. The van der Waals surface area contributed by atoms with Crippen molar-refractivity contribution in [3.63, 3.8) is 0 Å². The molecule has 0 saturated carbocycles. The molecule has 26 heavy (non-hydrogen) atoms. The molecule has 1 N–H and O–H groups in total. The normalized spacial score (nSPS) is 18.0. The van der Waals surface area contributed by atoms with Crippen molar-refractivity contribution in [3.05, 3.63) is 64.7 Å². The Morgan fingerprint density at radius 2 is 1.96 bits per heavy atom. The summed E-state index contributed by atoms with van der Waals surface area (Å²) >= 11 is 5.95. The molecule has 1 heterocycles. The van der Waals surface area contributed by atoms with Gasteiger partial charge in [-0.3, -0.25) is 4.79 Å². The molecule has 1 fully saturated rings. The van der Waals surface area contributed by atoms with Gasteiger partial charge in [0.1, 0.15) is 6.04 Å². The van der Waals surface area contributed by atoms with Crippen molar-refractivity contribution in [2.45, 2.75) is 37.2 Å². The fraction of sp³-hybridized carbons (Fsp3) is 0.316. The molecule has 0 radical (unpaired) electrons. The van der Waals surface area contributed by atoms with Gasteiger partial charge in [0.2, 0.25) is 15.9 Å². The molecule has 1 saturated heterocycles. The Labute approximate surface area is 159 Å². The highest BCUT2D eigenvalue weighted by atomic mass is 35.5. The lowest BCUT2D eigenvalue weighted by Gasteiger charge is -2.23. The van der Waals surface area contributed by atoms with Gasteiger partial charge >= 0.3 is 0 Å². The number of amides is 1. The van der Waals surface area contributed by atoms with E-state index in [0.29, 0.717) is 31.0 Å². The van der Waals surface area contributed by atoms with E-state index in [9.17, 15) is 13.2 Å². The van der Waals surface area contributed by atoms with Crippen LogP contribution in [0.2, 0.25) is 5.02 Å². The summed E-state index contributed by atoms with van der Waals surface area (Å²) in [5.41, 5.74) is 1.86. The van der Waals surface area contributed by atoms with Crippen molar-refractivity contribution in [2.24, 2.45) is 0 Å². The molecule has 1 aliphatic heterocycles. The summed E-state index contributed by atoms with van der Waals surface area (Å²) in [6, 6.07) is 13.2. The minimum absolute atomic E-state index is 0.220. The van der Waals surface area contributed by atoms with Crippen LogP contribution >= 0.6 is 11.6 Å². The maximum absolute atomic E-state index is 12.9. The van der Waals surface area contributed by atoms with Crippen LogP contribution in [-0.4, -0.2) is 31.2 Å². The van der Waals surface area contributed by atoms with E-state index in [4.69, 9.17) is 11.6 Å². The van der Waals surface area contributed by atoms with Crippen LogP contribution in [-0.2, 0) is 21.4 Å². The zero-order valence-electron chi connectivity index (χ0n) is 14.5. The number of benzene rings is 2. The maximum atomic E-state index is 12.9. The molecular formula is C19H21ClN2O3S.